The van der Waals surface area contributed by atoms with Gasteiger partial charge in [0.05, 0.1) is 9.79 Å². The summed E-state index contributed by atoms with van der Waals surface area (Å²) in [5, 5.41) is 0. The topological polar surface area (TPSA) is 57.7 Å². The Balaban J connectivity index is 1.54. The van der Waals surface area contributed by atoms with E-state index in [2.05, 4.69) is 18.7 Å². The summed E-state index contributed by atoms with van der Waals surface area (Å²) >= 11 is 0. The zero-order chi connectivity index (χ0) is 23.7. The van der Waals surface area contributed by atoms with Crippen LogP contribution in [0.4, 0.5) is 0 Å². The van der Waals surface area contributed by atoms with Crippen LogP contribution in [-0.2, 0) is 21.1 Å². The normalized spacial score (nSPS) is 16.1. The van der Waals surface area contributed by atoms with Gasteiger partial charge in [0.2, 0.25) is 15.7 Å². The maximum absolute atomic E-state index is 13.0. The van der Waals surface area contributed by atoms with Crippen molar-refractivity contribution in [2.45, 2.75) is 74.6 Å². The Labute approximate surface area is 199 Å². The number of likely N-dealkylation sites (tertiary alicyclic amines) is 1. The smallest absolute Gasteiger partial charge is 0.222 e. The van der Waals surface area contributed by atoms with E-state index in [0.717, 1.165) is 70.3 Å². The van der Waals surface area contributed by atoms with E-state index in [-0.39, 0.29) is 0 Å². The molecule has 0 aromatic heterocycles. The lowest BCUT2D eigenvalue weighted by Crippen LogP contribution is -2.36. The molecule has 3 rings (SSSR count). The van der Waals surface area contributed by atoms with Gasteiger partial charge >= 0.3 is 0 Å². The summed E-state index contributed by atoms with van der Waals surface area (Å²) in [6.07, 6.45) is 6.92. The number of carbonyl (C=O) groups excluding carboxylic acids is 1. The third kappa shape index (κ3) is 7.15. The number of benzene rings is 2. The van der Waals surface area contributed by atoms with E-state index < -0.39 is 9.84 Å². The second-order valence-corrected chi connectivity index (χ2v) is 11.0. The van der Waals surface area contributed by atoms with Crippen LogP contribution in [0.3, 0.4) is 0 Å². The number of likely N-dealkylation sites (N-methyl/N-ethyl adjacent to an activating group) is 1. The lowest BCUT2D eigenvalue weighted by molar-refractivity contribution is -0.130. The van der Waals surface area contributed by atoms with E-state index in [1.165, 1.54) is 0 Å². The van der Waals surface area contributed by atoms with Crippen LogP contribution in [-0.4, -0.2) is 56.3 Å². The van der Waals surface area contributed by atoms with Crippen LogP contribution in [0.25, 0.3) is 0 Å². The van der Waals surface area contributed by atoms with Crippen LogP contribution in [0.1, 0.15) is 57.9 Å². The van der Waals surface area contributed by atoms with Crippen molar-refractivity contribution < 1.29 is 13.2 Å². The summed E-state index contributed by atoms with van der Waals surface area (Å²) in [7, 11) is -3.50. The van der Waals surface area contributed by atoms with Crippen LogP contribution in [0.5, 0.6) is 0 Å². The number of nitrogens with zero attached hydrogens (tertiary/aromatic N) is 2. The first-order valence-corrected chi connectivity index (χ1v) is 13.8. The number of sulfone groups is 1. The van der Waals surface area contributed by atoms with Crippen molar-refractivity contribution in [2.24, 2.45) is 0 Å². The molecule has 1 aliphatic rings. The maximum Gasteiger partial charge on any atom is 0.222 e. The van der Waals surface area contributed by atoms with E-state index in [1.54, 1.807) is 30.3 Å². The highest BCUT2D eigenvalue weighted by Gasteiger charge is 2.19. The predicted molar refractivity (Wildman–Crippen MR) is 133 cm³/mol. The maximum atomic E-state index is 13.0. The molecule has 6 heteroatoms. The van der Waals surface area contributed by atoms with Gasteiger partial charge in [-0.25, -0.2) is 8.42 Å². The van der Waals surface area contributed by atoms with Crippen molar-refractivity contribution >= 4 is 15.7 Å². The summed E-state index contributed by atoms with van der Waals surface area (Å²) in [6, 6.07) is 16.3. The van der Waals surface area contributed by atoms with Gasteiger partial charge in [-0.3, -0.25) is 4.79 Å². The Kier molecular flexibility index (Phi) is 9.51. The molecule has 2 aromatic rings. The molecule has 0 N–H and O–H groups in total. The number of amides is 1. The first-order chi connectivity index (χ1) is 15.9. The minimum absolute atomic E-state index is 0.310. The standard InChI is InChI=1S/C27H38N2O3S/c1-3-28(18-10-11-20-29-19-9-5-8-17-27(29)30)23(2)21-24-13-12-16-26(22-24)33(31,32)25-14-6-4-7-15-25/h4,6-7,12-16,22-23H,3,5,8-11,17-21H2,1-2H3. The molecule has 1 atom stereocenters. The third-order valence-electron chi connectivity index (χ3n) is 6.62. The quantitative estimate of drug-likeness (QED) is 0.436. The summed E-state index contributed by atoms with van der Waals surface area (Å²) in [5.74, 6) is 0.318. The van der Waals surface area contributed by atoms with Crippen LogP contribution in [0, 0.1) is 0 Å². The highest BCUT2D eigenvalue weighted by atomic mass is 32.2. The zero-order valence-electron chi connectivity index (χ0n) is 20.1. The predicted octanol–water partition coefficient (Wildman–Crippen LogP) is 4.96. The minimum Gasteiger partial charge on any atom is -0.343 e. The van der Waals surface area contributed by atoms with Crippen molar-refractivity contribution in [3.05, 3.63) is 60.2 Å². The van der Waals surface area contributed by atoms with E-state index in [4.69, 9.17) is 0 Å². The van der Waals surface area contributed by atoms with Crippen molar-refractivity contribution in [2.75, 3.05) is 26.2 Å². The van der Waals surface area contributed by atoms with Gasteiger partial charge in [-0.05, 0) is 81.9 Å². The Bertz CT molecular complexity index is 991. The fraction of sp³-hybridized carbons (Fsp3) is 0.519. The molecule has 33 heavy (non-hydrogen) atoms. The summed E-state index contributed by atoms with van der Waals surface area (Å²) < 4.78 is 25.9. The Hall–Kier alpha value is -2.18. The second-order valence-electron chi connectivity index (χ2n) is 9.04. The van der Waals surface area contributed by atoms with E-state index >= 15 is 0 Å². The van der Waals surface area contributed by atoms with Crippen molar-refractivity contribution in [3.8, 4) is 0 Å². The Morgan fingerprint density at radius 1 is 0.970 bits per heavy atom. The molecule has 180 valence electrons. The summed E-state index contributed by atoms with van der Waals surface area (Å²) in [5.41, 5.74) is 1.04. The largest absolute Gasteiger partial charge is 0.343 e. The first kappa shape index (κ1) is 25.4. The van der Waals surface area contributed by atoms with Gasteiger partial charge in [0, 0.05) is 25.6 Å². The fourth-order valence-electron chi connectivity index (χ4n) is 4.63. The van der Waals surface area contributed by atoms with Gasteiger partial charge in [0.15, 0.2) is 0 Å². The number of hydrogen-bond donors (Lipinski definition) is 0. The Morgan fingerprint density at radius 2 is 1.73 bits per heavy atom. The van der Waals surface area contributed by atoms with E-state index in [0.29, 0.717) is 28.2 Å². The average Bonchev–Trinajstić information content (AvgIpc) is 3.03. The molecular weight excluding hydrogens is 432 g/mol. The summed E-state index contributed by atoms with van der Waals surface area (Å²) in [6.45, 7) is 8.10. The lowest BCUT2D eigenvalue weighted by atomic mass is 10.1. The molecule has 0 spiro atoms. The number of hydrogen-bond acceptors (Lipinski definition) is 4. The van der Waals surface area contributed by atoms with Crippen LogP contribution in [0.15, 0.2) is 64.4 Å². The number of unbranched alkanes of at least 4 members (excludes halogenated alkanes) is 1. The molecule has 0 aliphatic carbocycles. The van der Waals surface area contributed by atoms with Gasteiger partial charge < -0.3 is 9.80 Å². The molecule has 1 saturated heterocycles. The molecule has 1 unspecified atom stereocenters. The molecular formula is C27H38N2O3S. The van der Waals surface area contributed by atoms with Crippen molar-refractivity contribution in [1.29, 1.82) is 0 Å². The van der Waals surface area contributed by atoms with Crippen LogP contribution in [0.2, 0.25) is 0 Å². The van der Waals surface area contributed by atoms with Gasteiger partial charge in [0.1, 0.15) is 0 Å². The van der Waals surface area contributed by atoms with E-state index in [1.807, 2.05) is 29.2 Å². The summed E-state index contributed by atoms with van der Waals surface area (Å²) in [4.78, 5) is 17.3. The molecule has 0 bridgehead atoms. The van der Waals surface area contributed by atoms with Gasteiger partial charge in [-0.1, -0.05) is 43.7 Å². The van der Waals surface area contributed by atoms with Crippen molar-refractivity contribution in [3.63, 3.8) is 0 Å². The molecule has 1 heterocycles. The number of rotatable bonds is 11. The van der Waals surface area contributed by atoms with E-state index in [9.17, 15) is 13.2 Å². The molecule has 1 fully saturated rings. The van der Waals surface area contributed by atoms with Crippen LogP contribution < -0.4 is 0 Å². The Morgan fingerprint density at radius 3 is 2.48 bits per heavy atom. The fourth-order valence-corrected chi connectivity index (χ4v) is 5.98. The first-order valence-electron chi connectivity index (χ1n) is 12.3. The van der Waals surface area contributed by atoms with Gasteiger partial charge in [-0.2, -0.15) is 0 Å². The molecule has 1 amide bonds. The van der Waals surface area contributed by atoms with Gasteiger partial charge in [0.25, 0.3) is 0 Å². The minimum atomic E-state index is -3.50. The molecule has 0 saturated carbocycles. The molecule has 0 radical (unpaired) electrons. The van der Waals surface area contributed by atoms with Gasteiger partial charge in [-0.15, -0.1) is 0 Å². The molecule has 5 nitrogen and oxygen atoms in total. The molecule has 1 aliphatic heterocycles. The number of carbonyl (C=O) groups is 1. The second kappa shape index (κ2) is 12.3. The monoisotopic (exact) mass is 470 g/mol. The van der Waals surface area contributed by atoms with Crippen LogP contribution >= 0.6 is 0 Å². The molecule has 2 aromatic carbocycles. The average molecular weight is 471 g/mol. The zero-order valence-corrected chi connectivity index (χ0v) is 20.9. The third-order valence-corrected chi connectivity index (χ3v) is 8.38. The lowest BCUT2D eigenvalue weighted by Gasteiger charge is -2.28. The highest BCUT2D eigenvalue weighted by Crippen LogP contribution is 2.22. The highest BCUT2D eigenvalue weighted by molar-refractivity contribution is 7.91. The van der Waals surface area contributed by atoms with Crippen molar-refractivity contribution in [1.82, 2.24) is 9.80 Å². The SMILES string of the molecule is CCN(CCCCN1CCCCCC1=O)C(C)Cc1cccc(S(=O)(=O)c2ccccc2)c1.